The lowest BCUT2D eigenvalue weighted by Crippen LogP contribution is -2.47. The number of carbonyl (C=O) groups is 1. The molecule has 5 rings (SSSR count). The first-order chi connectivity index (χ1) is 18.6. The fourth-order valence-electron chi connectivity index (χ4n) is 6.18. The lowest BCUT2D eigenvalue weighted by atomic mass is 9.67. The van der Waals surface area contributed by atoms with Crippen molar-refractivity contribution in [3.63, 3.8) is 0 Å². The van der Waals surface area contributed by atoms with Crippen molar-refractivity contribution < 1.29 is 9.53 Å². The lowest BCUT2D eigenvalue weighted by Gasteiger charge is -2.43. The minimum Gasteiger partial charge on any atom is -0.465 e. The predicted molar refractivity (Wildman–Crippen MR) is 154 cm³/mol. The van der Waals surface area contributed by atoms with Gasteiger partial charge in [-0.3, -0.25) is 4.79 Å². The third-order valence-electron chi connectivity index (χ3n) is 8.35. The van der Waals surface area contributed by atoms with E-state index in [-0.39, 0.29) is 16.8 Å². The monoisotopic (exact) mass is 503 g/mol. The number of benzene rings is 4. The molecule has 0 N–H and O–H groups in total. The molecule has 0 amide bonds. The molecule has 38 heavy (non-hydrogen) atoms. The zero-order chi connectivity index (χ0) is 26.3. The average molecular weight is 504 g/mol. The number of likely N-dealkylation sites (tertiary alicyclic amines) is 1. The van der Waals surface area contributed by atoms with Crippen LogP contribution in [0.25, 0.3) is 0 Å². The maximum Gasteiger partial charge on any atom is 0.302 e. The Balaban J connectivity index is 1.42. The first-order valence-corrected chi connectivity index (χ1v) is 13.7. The third-order valence-corrected chi connectivity index (χ3v) is 8.35. The van der Waals surface area contributed by atoms with Crippen LogP contribution in [0.4, 0.5) is 0 Å². The number of rotatable bonds is 9. The summed E-state index contributed by atoms with van der Waals surface area (Å²) in [5.74, 6) is -0.207. The van der Waals surface area contributed by atoms with Crippen molar-refractivity contribution in [1.82, 2.24) is 4.90 Å². The molecule has 1 aliphatic rings. The largest absolute Gasteiger partial charge is 0.465 e. The van der Waals surface area contributed by atoms with E-state index < -0.39 is 0 Å². The Kier molecular flexibility index (Phi) is 8.05. The van der Waals surface area contributed by atoms with Crippen molar-refractivity contribution in [2.75, 3.05) is 26.2 Å². The normalized spacial score (nSPS) is 15.6. The predicted octanol–water partition coefficient (Wildman–Crippen LogP) is 7.01. The highest BCUT2D eigenvalue weighted by atomic mass is 16.5. The molecule has 194 valence electrons. The molecule has 3 nitrogen and oxygen atoms in total. The van der Waals surface area contributed by atoms with Crippen molar-refractivity contribution in [1.29, 1.82) is 0 Å². The second-order valence-corrected chi connectivity index (χ2v) is 10.5. The summed E-state index contributed by atoms with van der Waals surface area (Å²) in [6, 6.07) is 43.5. The van der Waals surface area contributed by atoms with Crippen LogP contribution < -0.4 is 0 Å². The Bertz CT molecular complexity index is 1180. The third kappa shape index (κ3) is 5.44. The maximum atomic E-state index is 11.7. The van der Waals surface area contributed by atoms with E-state index in [1.807, 2.05) is 0 Å². The lowest BCUT2D eigenvalue weighted by molar-refractivity contribution is -0.143. The van der Waals surface area contributed by atoms with Crippen LogP contribution in [-0.4, -0.2) is 37.1 Å². The summed E-state index contributed by atoms with van der Waals surface area (Å²) in [5.41, 5.74) is 4.87. The van der Waals surface area contributed by atoms with Crippen LogP contribution in [0.2, 0.25) is 0 Å². The van der Waals surface area contributed by atoms with E-state index in [1.54, 1.807) is 0 Å². The molecule has 0 atom stereocenters. The Hall–Kier alpha value is -3.69. The van der Waals surface area contributed by atoms with E-state index >= 15 is 0 Å². The Labute approximate surface area is 227 Å². The summed E-state index contributed by atoms with van der Waals surface area (Å²) in [6.45, 7) is 4.89. The zero-order valence-electron chi connectivity index (χ0n) is 22.3. The SMILES string of the molecule is CC(=O)OCC1(c2ccccc2)CCN(CCC(c2ccccc2)(c2ccccc2)c2ccccc2)CC1. The van der Waals surface area contributed by atoms with Gasteiger partial charge in [-0.1, -0.05) is 121 Å². The minimum absolute atomic E-state index is 0.126. The van der Waals surface area contributed by atoms with Gasteiger partial charge in [-0.05, 0) is 61.2 Å². The standard InChI is InChI=1S/C35H37NO2/c1-29(37)38-28-34(30-14-6-2-7-15-30)22-25-36(26-23-34)27-24-35(31-16-8-3-9-17-31,32-18-10-4-11-19-32)33-20-12-5-13-21-33/h2-21H,22-28H2,1H3. The first kappa shape index (κ1) is 25.9. The van der Waals surface area contributed by atoms with Gasteiger partial charge in [0.25, 0.3) is 0 Å². The van der Waals surface area contributed by atoms with Crippen molar-refractivity contribution in [2.24, 2.45) is 0 Å². The van der Waals surface area contributed by atoms with E-state index in [0.717, 1.165) is 38.9 Å². The molecule has 4 aromatic rings. The van der Waals surface area contributed by atoms with Crippen LogP contribution in [0.1, 0.15) is 48.4 Å². The summed E-state index contributed by atoms with van der Waals surface area (Å²) in [5, 5.41) is 0. The first-order valence-electron chi connectivity index (χ1n) is 13.7. The molecule has 0 aromatic heterocycles. The fourth-order valence-corrected chi connectivity index (χ4v) is 6.18. The van der Waals surface area contributed by atoms with E-state index in [4.69, 9.17) is 4.74 Å². The number of ether oxygens (including phenoxy) is 1. The van der Waals surface area contributed by atoms with E-state index in [9.17, 15) is 4.79 Å². The number of piperidine rings is 1. The number of hydrogen-bond donors (Lipinski definition) is 0. The molecule has 1 aliphatic heterocycles. The van der Waals surface area contributed by atoms with Gasteiger partial charge in [-0.25, -0.2) is 0 Å². The molecule has 0 unspecified atom stereocenters. The minimum atomic E-state index is -0.241. The van der Waals surface area contributed by atoms with Crippen LogP contribution in [0.15, 0.2) is 121 Å². The van der Waals surface area contributed by atoms with Gasteiger partial charge in [0.1, 0.15) is 6.61 Å². The van der Waals surface area contributed by atoms with Crippen LogP contribution in [-0.2, 0) is 20.4 Å². The van der Waals surface area contributed by atoms with Gasteiger partial charge < -0.3 is 9.64 Å². The summed E-state index contributed by atoms with van der Waals surface area (Å²) < 4.78 is 5.60. The molecule has 1 saturated heterocycles. The molecular weight excluding hydrogens is 466 g/mol. The highest BCUT2D eigenvalue weighted by Crippen LogP contribution is 2.43. The average Bonchev–Trinajstić information content (AvgIpc) is 2.99. The number of esters is 1. The van der Waals surface area contributed by atoms with Crippen molar-refractivity contribution >= 4 is 5.97 Å². The Morgan fingerprint density at radius 2 is 1.13 bits per heavy atom. The van der Waals surface area contributed by atoms with Gasteiger partial charge in [0.15, 0.2) is 0 Å². The van der Waals surface area contributed by atoms with Gasteiger partial charge in [0.05, 0.1) is 0 Å². The Morgan fingerprint density at radius 3 is 1.55 bits per heavy atom. The molecule has 0 saturated carbocycles. The van der Waals surface area contributed by atoms with Crippen molar-refractivity contribution in [2.45, 2.75) is 37.0 Å². The molecule has 0 bridgehead atoms. The summed E-state index contributed by atoms with van der Waals surface area (Å²) in [7, 11) is 0. The smallest absolute Gasteiger partial charge is 0.302 e. The highest BCUT2D eigenvalue weighted by Gasteiger charge is 2.40. The second kappa shape index (κ2) is 11.8. The topological polar surface area (TPSA) is 29.5 Å². The van der Waals surface area contributed by atoms with Gasteiger partial charge in [0.2, 0.25) is 0 Å². The molecule has 0 spiro atoms. The van der Waals surface area contributed by atoms with E-state index in [1.165, 1.54) is 29.2 Å². The fraction of sp³-hybridized carbons (Fsp3) is 0.286. The number of nitrogens with zero attached hydrogens (tertiary/aromatic N) is 1. The number of hydrogen-bond acceptors (Lipinski definition) is 3. The summed E-state index contributed by atoms with van der Waals surface area (Å²) in [6.07, 6.45) is 2.92. The van der Waals surface area contributed by atoms with Gasteiger partial charge in [0, 0.05) is 17.8 Å². The molecule has 1 heterocycles. The van der Waals surface area contributed by atoms with E-state index in [2.05, 4.69) is 126 Å². The second-order valence-electron chi connectivity index (χ2n) is 10.5. The van der Waals surface area contributed by atoms with E-state index in [0.29, 0.717) is 6.61 Å². The van der Waals surface area contributed by atoms with Crippen LogP contribution in [0.5, 0.6) is 0 Å². The van der Waals surface area contributed by atoms with Gasteiger partial charge in [-0.15, -0.1) is 0 Å². The van der Waals surface area contributed by atoms with Crippen molar-refractivity contribution in [3.05, 3.63) is 144 Å². The van der Waals surface area contributed by atoms with Gasteiger partial charge in [-0.2, -0.15) is 0 Å². The van der Waals surface area contributed by atoms with Crippen LogP contribution in [0.3, 0.4) is 0 Å². The number of carbonyl (C=O) groups excluding carboxylic acids is 1. The summed E-state index contributed by atoms with van der Waals surface area (Å²) >= 11 is 0. The molecule has 0 aliphatic carbocycles. The molecule has 3 heteroatoms. The zero-order valence-corrected chi connectivity index (χ0v) is 22.3. The highest BCUT2D eigenvalue weighted by molar-refractivity contribution is 5.66. The van der Waals surface area contributed by atoms with Crippen LogP contribution >= 0.6 is 0 Å². The Morgan fingerprint density at radius 1 is 0.711 bits per heavy atom. The molecule has 4 aromatic carbocycles. The quantitative estimate of drug-likeness (QED) is 0.182. The molecule has 0 radical (unpaired) electrons. The van der Waals surface area contributed by atoms with Crippen molar-refractivity contribution in [3.8, 4) is 0 Å². The molecular formula is C35H37NO2. The maximum absolute atomic E-state index is 11.7. The molecule has 1 fully saturated rings. The summed E-state index contributed by atoms with van der Waals surface area (Å²) in [4.78, 5) is 14.3. The van der Waals surface area contributed by atoms with Gasteiger partial charge >= 0.3 is 5.97 Å². The van der Waals surface area contributed by atoms with Crippen LogP contribution in [0, 0.1) is 0 Å².